The SMILES string of the molecule is Cc1cc(C)n(Cc2cccc(CNC(=O)C3CC3[N+](=O)[O-])c2)n1. The quantitative estimate of drug-likeness (QED) is 0.647. The summed E-state index contributed by atoms with van der Waals surface area (Å²) in [7, 11) is 0. The van der Waals surface area contributed by atoms with Gasteiger partial charge < -0.3 is 5.32 Å². The van der Waals surface area contributed by atoms with Crippen LogP contribution in [-0.4, -0.2) is 26.7 Å². The Morgan fingerprint density at radius 1 is 1.38 bits per heavy atom. The van der Waals surface area contributed by atoms with Gasteiger partial charge in [-0.15, -0.1) is 0 Å². The molecule has 7 nitrogen and oxygen atoms in total. The molecule has 0 bridgehead atoms. The molecule has 1 saturated carbocycles. The summed E-state index contributed by atoms with van der Waals surface area (Å²) in [6.07, 6.45) is 0.344. The van der Waals surface area contributed by atoms with Crippen molar-refractivity contribution in [3.63, 3.8) is 0 Å². The van der Waals surface area contributed by atoms with Crippen molar-refractivity contribution < 1.29 is 9.72 Å². The normalized spacial score (nSPS) is 19.1. The Morgan fingerprint density at radius 3 is 2.75 bits per heavy atom. The lowest BCUT2D eigenvalue weighted by Crippen LogP contribution is -2.26. The Morgan fingerprint density at radius 2 is 2.12 bits per heavy atom. The van der Waals surface area contributed by atoms with Gasteiger partial charge in [-0.2, -0.15) is 5.10 Å². The van der Waals surface area contributed by atoms with Crippen LogP contribution >= 0.6 is 0 Å². The molecule has 2 atom stereocenters. The maximum atomic E-state index is 11.9. The number of rotatable bonds is 6. The Balaban J connectivity index is 1.58. The first-order chi connectivity index (χ1) is 11.4. The number of nitrogens with zero attached hydrogens (tertiary/aromatic N) is 3. The molecule has 1 N–H and O–H groups in total. The average molecular weight is 328 g/mol. The zero-order valence-electron chi connectivity index (χ0n) is 13.7. The molecule has 1 aliphatic rings. The predicted molar refractivity (Wildman–Crippen MR) is 88.0 cm³/mol. The van der Waals surface area contributed by atoms with Crippen molar-refractivity contribution in [2.45, 2.75) is 39.4 Å². The molecule has 24 heavy (non-hydrogen) atoms. The van der Waals surface area contributed by atoms with E-state index in [-0.39, 0.29) is 10.8 Å². The minimum absolute atomic E-state index is 0.236. The summed E-state index contributed by atoms with van der Waals surface area (Å²) in [5.74, 6) is -0.710. The summed E-state index contributed by atoms with van der Waals surface area (Å²) < 4.78 is 1.94. The molecule has 126 valence electrons. The van der Waals surface area contributed by atoms with Gasteiger partial charge in [-0.1, -0.05) is 24.3 Å². The number of amides is 1. The fraction of sp³-hybridized carbons (Fsp3) is 0.412. The largest absolute Gasteiger partial charge is 0.352 e. The maximum Gasteiger partial charge on any atom is 0.230 e. The number of carbonyl (C=O) groups excluding carboxylic acids is 1. The van der Waals surface area contributed by atoms with E-state index >= 15 is 0 Å². The molecule has 0 spiro atoms. The van der Waals surface area contributed by atoms with Crippen LogP contribution in [0.1, 0.15) is 28.9 Å². The first-order valence-electron chi connectivity index (χ1n) is 7.94. The van der Waals surface area contributed by atoms with Crippen LogP contribution < -0.4 is 5.32 Å². The van der Waals surface area contributed by atoms with Gasteiger partial charge >= 0.3 is 0 Å². The Hall–Kier alpha value is -2.70. The van der Waals surface area contributed by atoms with Crippen LogP contribution in [0.15, 0.2) is 30.3 Å². The van der Waals surface area contributed by atoms with Gasteiger partial charge in [-0.25, -0.2) is 0 Å². The van der Waals surface area contributed by atoms with Crippen molar-refractivity contribution in [1.29, 1.82) is 0 Å². The molecule has 2 aromatic rings. The first-order valence-corrected chi connectivity index (χ1v) is 7.94. The molecule has 2 unspecified atom stereocenters. The van der Waals surface area contributed by atoms with Crippen molar-refractivity contribution in [3.05, 3.63) is 63.0 Å². The van der Waals surface area contributed by atoms with Gasteiger partial charge in [0.2, 0.25) is 11.9 Å². The lowest BCUT2D eigenvalue weighted by molar-refractivity contribution is -0.497. The molecule has 1 heterocycles. The number of hydrogen-bond donors (Lipinski definition) is 1. The molecule has 3 rings (SSSR count). The third-order valence-electron chi connectivity index (χ3n) is 4.26. The molecule has 0 radical (unpaired) electrons. The van der Waals surface area contributed by atoms with E-state index < -0.39 is 12.0 Å². The second-order valence-electron chi connectivity index (χ2n) is 6.32. The molecule has 7 heteroatoms. The van der Waals surface area contributed by atoms with Crippen LogP contribution in [0.4, 0.5) is 0 Å². The number of nitro groups is 1. The number of carbonyl (C=O) groups is 1. The summed E-state index contributed by atoms with van der Waals surface area (Å²) in [5, 5.41) is 17.9. The van der Waals surface area contributed by atoms with Crippen LogP contribution in [0.25, 0.3) is 0 Å². The van der Waals surface area contributed by atoms with Crippen LogP contribution in [-0.2, 0) is 17.9 Å². The highest BCUT2D eigenvalue weighted by Gasteiger charge is 2.53. The van der Waals surface area contributed by atoms with Crippen LogP contribution in [0.5, 0.6) is 0 Å². The highest BCUT2D eigenvalue weighted by molar-refractivity contribution is 5.81. The van der Waals surface area contributed by atoms with Gasteiger partial charge in [-0.05, 0) is 31.0 Å². The molecule has 1 fully saturated rings. The molecular formula is C17H20N4O3. The van der Waals surface area contributed by atoms with E-state index in [1.165, 1.54) is 0 Å². The van der Waals surface area contributed by atoms with Gasteiger partial charge in [0.25, 0.3) is 0 Å². The zero-order chi connectivity index (χ0) is 17.3. The number of nitrogens with one attached hydrogen (secondary N) is 1. The highest BCUT2D eigenvalue weighted by Crippen LogP contribution is 2.33. The second-order valence-corrected chi connectivity index (χ2v) is 6.32. The van der Waals surface area contributed by atoms with Gasteiger partial charge in [0.05, 0.1) is 12.2 Å². The molecule has 1 aliphatic carbocycles. The maximum absolute atomic E-state index is 11.9. The summed E-state index contributed by atoms with van der Waals surface area (Å²) >= 11 is 0. The Bertz CT molecular complexity index is 784. The predicted octanol–water partition coefficient (Wildman–Crippen LogP) is 1.83. The molecule has 0 aliphatic heterocycles. The standard InChI is InChI=1S/C17H20N4O3/c1-11-6-12(2)20(19-11)10-14-5-3-4-13(7-14)9-18-17(22)15-8-16(15)21(23)24/h3-7,15-16H,8-10H2,1-2H3,(H,18,22). The fourth-order valence-electron chi connectivity index (χ4n) is 2.86. The van der Waals surface area contributed by atoms with Gasteiger partial charge in [0, 0.05) is 23.6 Å². The van der Waals surface area contributed by atoms with Crippen molar-refractivity contribution in [2.24, 2.45) is 5.92 Å². The van der Waals surface area contributed by atoms with Gasteiger partial charge in [0.15, 0.2) is 0 Å². The van der Waals surface area contributed by atoms with E-state index in [9.17, 15) is 14.9 Å². The Kier molecular flexibility index (Phi) is 4.33. The Labute approximate surface area is 139 Å². The molecule has 1 aromatic heterocycles. The summed E-state index contributed by atoms with van der Waals surface area (Å²) in [6, 6.07) is 9.25. The van der Waals surface area contributed by atoms with E-state index in [0.29, 0.717) is 19.5 Å². The minimum atomic E-state index is -0.706. The molecule has 1 amide bonds. The second kappa shape index (κ2) is 6.43. The summed E-state index contributed by atoms with van der Waals surface area (Å²) in [5.41, 5.74) is 4.16. The number of benzene rings is 1. The average Bonchev–Trinajstić information content (AvgIpc) is 3.27. The fourth-order valence-corrected chi connectivity index (χ4v) is 2.86. The van der Waals surface area contributed by atoms with Crippen LogP contribution in [0.3, 0.4) is 0 Å². The van der Waals surface area contributed by atoms with Crippen molar-refractivity contribution in [3.8, 4) is 0 Å². The highest BCUT2D eigenvalue weighted by atomic mass is 16.6. The van der Waals surface area contributed by atoms with Gasteiger partial charge in [0.1, 0.15) is 5.92 Å². The number of hydrogen-bond acceptors (Lipinski definition) is 4. The topological polar surface area (TPSA) is 90.1 Å². The van der Waals surface area contributed by atoms with E-state index in [0.717, 1.165) is 22.5 Å². The summed E-state index contributed by atoms with van der Waals surface area (Å²) in [6.45, 7) is 5.04. The van der Waals surface area contributed by atoms with E-state index in [1.807, 2.05) is 48.9 Å². The zero-order valence-corrected chi connectivity index (χ0v) is 13.7. The third kappa shape index (κ3) is 3.61. The van der Waals surface area contributed by atoms with Crippen molar-refractivity contribution in [1.82, 2.24) is 15.1 Å². The molecule has 0 saturated heterocycles. The van der Waals surface area contributed by atoms with Gasteiger partial charge in [-0.3, -0.25) is 19.6 Å². The van der Waals surface area contributed by atoms with E-state index in [2.05, 4.69) is 10.4 Å². The lowest BCUT2D eigenvalue weighted by Gasteiger charge is -2.08. The van der Waals surface area contributed by atoms with Crippen molar-refractivity contribution >= 4 is 5.91 Å². The minimum Gasteiger partial charge on any atom is -0.352 e. The van der Waals surface area contributed by atoms with Crippen molar-refractivity contribution in [2.75, 3.05) is 0 Å². The smallest absolute Gasteiger partial charge is 0.230 e. The first kappa shape index (κ1) is 16.2. The number of aryl methyl sites for hydroxylation is 2. The third-order valence-corrected chi connectivity index (χ3v) is 4.26. The molecule has 1 aromatic carbocycles. The summed E-state index contributed by atoms with van der Waals surface area (Å²) in [4.78, 5) is 22.1. The lowest BCUT2D eigenvalue weighted by atomic mass is 10.1. The van der Waals surface area contributed by atoms with E-state index in [4.69, 9.17) is 0 Å². The molecular weight excluding hydrogens is 308 g/mol. The monoisotopic (exact) mass is 328 g/mol. The van der Waals surface area contributed by atoms with E-state index in [1.54, 1.807) is 0 Å². The van der Waals surface area contributed by atoms with Crippen LogP contribution in [0.2, 0.25) is 0 Å². The van der Waals surface area contributed by atoms with Crippen LogP contribution in [0, 0.1) is 29.9 Å². The number of aromatic nitrogens is 2.